The van der Waals surface area contributed by atoms with Crippen LogP contribution in [-0.4, -0.2) is 48.3 Å². The Morgan fingerprint density at radius 3 is 2.80 bits per heavy atom. The standard InChI is InChI=1S/C24H27N3O2S/c1-29-23-14-20-19(15-26-22(20)13-21(23)24(25)28)16-30-12-11-27-9-7-18(8-10-27)17-5-3-2-4-6-17/h2-7,13-15,26H,8-12,16H2,1H3,(H2,25,28). The molecule has 0 spiro atoms. The van der Waals surface area contributed by atoms with Gasteiger partial charge in [0.2, 0.25) is 0 Å². The number of thioether (sulfide) groups is 1. The molecule has 1 amide bonds. The van der Waals surface area contributed by atoms with Crippen LogP contribution in [-0.2, 0) is 5.75 Å². The number of benzene rings is 2. The van der Waals surface area contributed by atoms with Crippen LogP contribution in [0.3, 0.4) is 0 Å². The van der Waals surface area contributed by atoms with Crippen molar-refractivity contribution >= 4 is 34.1 Å². The molecule has 1 aromatic heterocycles. The molecule has 4 rings (SSSR count). The van der Waals surface area contributed by atoms with Crippen LogP contribution in [0, 0.1) is 0 Å². The molecule has 1 aliphatic heterocycles. The molecular formula is C24H27N3O2S. The normalized spacial score (nSPS) is 14.6. The first kappa shape index (κ1) is 20.6. The lowest BCUT2D eigenvalue weighted by Gasteiger charge is -2.26. The van der Waals surface area contributed by atoms with E-state index in [9.17, 15) is 4.79 Å². The molecule has 1 aliphatic rings. The third-order valence-corrected chi connectivity index (χ3v) is 6.59. The van der Waals surface area contributed by atoms with Gasteiger partial charge in [-0.25, -0.2) is 0 Å². The number of nitrogens with two attached hydrogens (primary N) is 1. The topological polar surface area (TPSA) is 71.3 Å². The number of fused-ring (bicyclic) bond motifs is 1. The van der Waals surface area contributed by atoms with E-state index in [1.165, 1.54) is 16.7 Å². The number of carbonyl (C=O) groups is 1. The maximum atomic E-state index is 11.6. The van der Waals surface area contributed by atoms with Gasteiger partial charge in [-0.1, -0.05) is 36.4 Å². The van der Waals surface area contributed by atoms with Gasteiger partial charge in [-0.15, -0.1) is 0 Å². The van der Waals surface area contributed by atoms with Gasteiger partial charge in [0.25, 0.3) is 5.91 Å². The van der Waals surface area contributed by atoms with Gasteiger partial charge in [0.1, 0.15) is 5.75 Å². The highest BCUT2D eigenvalue weighted by Crippen LogP contribution is 2.30. The van der Waals surface area contributed by atoms with Crippen molar-refractivity contribution in [2.45, 2.75) is 12.2 Å². The van der Waals surface area contributed by atoms with E-state index in [0.29, 0.717) is 11.3 Å². The van der Waals surface area contributed by atoms with Gasteiger partial charge in [-0.3, -0.25) is 9.69 Å². The van der Waals surface area contributed by atoms with E-state index < -0.39 is 5.91 Å². The van der Waals surface area contributed by atoms with Gasteiger partial charge >= 0.3 is 0 Å². The van der Waals surface area contributed by atoms with Crippen LogP contribution < -0.4 is 10.5 Å². The Bertz CT molecular complexity index is 1060. The van der Waals surface area contributed by atoms with Crippen LogP contribution in [0.5, 0.6) is 5.75 Å². The number of aromatic amines is 1. The first-order valence-electron chi connectivity index (χ1n) is 10.2. The highest BCUT2D eigenvalue weighted by molar-refractivity contribution is 7.98. The number of H-pyrrole nitrogens is 1. The molecule has 0 radical (unpaired) electrons. The third-order valence-electron chi connectivity index (χ3n) is 5.60. The van der Waals surface area contributed by atoms with Crippen LogP contribution in [0.25, 0.3) is 16.5 Å². The number of hydrogen-bond acceptors (Lipinski definition) is 4. The van der Waals surface area contributed by atoms with Gasteiger partial charge in [0.05, 0.1) is 12.7 Å². The number of carbonyl (C=O) groups excluding carboxylic acids is 1. The monoisotopic (exact) mass is 421 g/mol. The molecule has 156 valence electrons. The third kappa shape index (κ3) is 4.55. The van der Waals surface area contributed by atoms with Crippen LogP contribution in [0.1, 0.15) is 27.9 Å². The number of ether oxygens (including phenoxy) is 1. The van der Waals surface area contributed by atoms with E-state index in [4.69, 9.17) is 10.5 Å². The van der Waals surface area contributed by atoms with Gasteiger partial charge in [-0.2, -0.15) is 11.8 Å². The summed E-state index contributed by atoms with van der Waals surface area (Å²) in [6.07, 6.45) is 5.49. The van der Waals surface area contributed by atoms with Crippen molar-refractivity contribution in [3.8, 4) is 5.75 Å². The van der Waals surface area contributed by atoms with Crippen molar-refractivity contribution in [2.24, 2.45) is 5.73 Å². The van der Waals surface area contributed by atoms with E-state index in [1.807, 2.05) is 24.0 Å². The van der Waals surface area contributed by atoms with E-state index in [0.717, 1.165) is 48.5 Å². The summed E-state index contributed by atoms with van der Waals surface area (Å²) in [7, 11) is 1.56. The van der Waals surface area contributed by atoms with Gasteiger partial charge < -0.3 is 15.5 Å². The molecule has 0 bridgehead atoms. The lowest BCUT2D eigenvalue weighted by Crippen LogP contribution is -2.30. The molecule has 0 atom stereocenters. The zero-order valence-corrected chi connectivity index (χ0v) is 18.0. The van der Waals surface area contributed by atoms with Gasteiger partial charge in [0.15, 0.2) is 0 Å². The molecule has 3 aromatic rings. The summed E-state index contributed by atoms with van der Waals surface area (Å²) in [6.45, 7) is 3.22. The predicted molar refractivity (Wildman–Crippen MR) is 125 cm³/mol. The number of aromatic nitrogens is 1. The maximum absolute atomic E-state index is 11.6. The maximum Gasteiger partial charge on any atom is 0.252 e. The molecule has 0 saturated carbocycles. The summed E-state index contributed by atoms with van der Waals surface area (Å²) < 4.78 is 5.35. The minimum Gasteiger partial charge on any atom is -0.496 e. The molecular weight excluding hydrogens is 394 g/mol. The van der Waals surface area contributed by atoms with E-state index in [1.54, 1.807) is 13.2 Å². The van der Waals surface area contributed by atoms with Crippen molar-refractivity contribution in [1.29, 1.82) is 0 Å². The second-order valence-electron chi connectivity index (χ2n) is 7.47. The summed E-state index contributed by atoms with van der Waals surface area (Å²) in [4.78, 5) is 17.4. The minimum atomic E-state index is -0.481. The highest BCUT2D eigenvalue weighted by Gasteiger charge is 2.15. The Labute approximate surface area is 181 Å². The molecule has 0 aliphatic carbocycles. The van der Waals surface area contributed by atoms with Gasteiger partial charge in [0, 0.05) is 48.2 Å². The first-order chi connectivity index (χ1) is 14.7. The van der Waals surface area contributed by atoms with E-state index >= 15 is 0 Å². The molecule has 2 heterocycles. The lowest BCUT2D eigenvalue weighted by atomic mass is 10.00. The van der Waals surface area contributed by atoms with Gasteiger partial charge in [-0.05, 0) is 35.3 Å². The molecule has 5 nitrogen and oxygen atoms in total. The van der Waals surface area contributed by atoms with Crippen molar-refractivity contribution in [2.75, 3.05) is 32.5 Å². The van der Waals surface area contributed by atoms with E-state index in [-0.39, 0.29) is 0 Å². The lowest BCUT2D eigenvalue weighted by molar-refractivity contribution is 0.0997. The van der Waals surface area contributed by atoms with Crippen molar-refractivity contribution in [3.63, 3.8) is 0 Å². The van der Waals surface area contributed by atoms with Crippen molar-refractivity contribution in [3.05, 3.63) is 71.4 Å². The van der Waals surface area contributed by atoms with E-state index in [2.05, 4.69) is 46.3 Å². The number of hydrogen-bond donors (Lipinski definition) is 2. The smallest absolute Gasteiger partial charge is 0.252 e. The number of nitrogens with zero attached hydrogens (tertiary/aromatic N) is 1. The molecule has 0 fully saturated rings. The zero-order chi connectivity index (χ0) is 20.9. The second kappa shape index (κ2) is 9.41. The Balaban J connectivity index is 1.30. The number of nitrogens with one attached hydrogen (secondary N) is 1. The number of primary amides is 1. The zero-order valence-electron chi connectivity index (χ0n) is 17.2. The Morgan fingerprint density at radius 1 is 1.27 bits per heavy atom. The van der Waals surface area contributed by atoms with Crippen molar-refractivity contribution < 1.29 is 9.53 Å². The SMILES string of the molecule is COc1cc2c(CSCCN3CC=C(c4ccccc4)CC3)c[nH]c2cc1C(N)=O. The molecule has 6 heteroatoms. The molecule has 2 aromatic carbocycles. The average molecular weight is 422 g/mol. The quantitative estimate of drug-likeness (QED) is 0.532. The highest BCUT2D eigenvalue weighted by atomic mass is 32.2. The Morgan fingerprint density at radius 2 is 2.10 bits per heavy atom. The summed E-state index contributed by atoms with van der Waals surface area (Å²) >= 11 is 1.93. The minimum absolute atomic E-state index is 0.402. The van der Waals surface area contributed by atoms with Crippen LogP contribution in [0.2, 0.25) is 0 Å². The first-order valence-corrected chi connectivity index (χ1v) is 11.3. The molecule has 0 unspecified atom stereocenters. The second-order valence-corrected chi connectivity index (χ2v) is 8.58. The molecule has 3 N–H and O–H groups in total. The summed E-state index contributed by atoms with van der Waals surface area (Å²) in [5.41, 5.74) is 10.8. The molecule has 30 heavy (non-hydrogen) atoms. The Hall–Kier alpha value is -2.70. The number of methoxy groups -OCH3 is 1. The summed E-state index contributed by atoms with van der Waals surface area (Å²) in [5, 5.41) is 1.08. The Kier molecular flexibility index (Phi) is 6.45. The predicted octanol–water partition coefficient (Wildman–Crippen LogP) is 4.30. The van der Waals surface area contributed by atoms with Crippen LogP contribution in [0.4, 0.5) is 0 Å². The fourth-order valence-electron chi connectivity index (χ4n) is 3.89. The fraction of sp³-hybridized carbons (Fsp3) is 0.292. The fourth-order valence-corrected chi connectivity index (χ4v) is 4.88. The summed E-state index contributed by atoms with van der Waals surface area (Å²) in [6, 6.07) is 14.3. The number of amides is 1. The summed E-state index contributed by atoms with van der Waals surface area (Å²) in [5.74, 6) is 2.04. The largest absolute Gasteiger partial charge is 0.496 e. The average Bonchev–Trinajstić information content (AvgIpc) is 3.18. The molecule has 0 saturated heterocycles. The number of rotatable bonds is 8. The van der Waals surface area contributed by atoms with Crippen LogP contribution in [0.15, 0.2) is 54.7 Å². The van der Waals surface area contributed by atoms with Crippen molar-refractivity contribution in [1.82, 2.24) is 9.88 Å². The van der Waals surface area contributed by atoms with Crippen LogP contribution >= 0.6 is 11.8 Å².